The molecule has 0 saturated carbocycles. The molecule has 2 aromatic rings. The summed E-state index contributed by atoms with van der Waals surface area (Å²) in [6.45, 7) is 0. The highest BCUT2D eigenvalue weighted by atomic mass is 19.1. The first-order valence-electron chi connectivity index (χ1n) is 5.66. The Labute approximate surface area is 111 Å². The monoisotopic (exact) mass is 275 g/mol. The Balaban J connectivity index is 2.20. The van der Waals surface area contributed by atoms with Gasteiger partial charge in [-0.25, -0.2) is 13.7 Å². The zero-order valence-corrected chi connectivity index (χ0v) is 9.93. The zero-order chi connectivity index (χ0) is 14.4. The number of anilines is 1. The van der Waals surface area contributed by atoms with Crippen molar-refractivity contribution in [3.8, 4) is 5.75 Å². The second-order valence-electron chi connectivity index (χ2n) is 4.25. The molecule has 0 atom stereocenters. The van der Waals surface area contributed by atoms with Gasteiger partial charge in [0.25, 0.3) is 11.8 Å². The van der Waals surface area contributed by atoms with Gasteiger partial charge in [0.05, 0.1) is 11.1 Å². The lowest BCUT2D eigenvalue weighted by atomic mass is 10.1. The Morgan fingerprint density at radius 1 is 0.900 bits per heavy atom. The molecule has 20 heavy (non-hydrogen) atoms. The Morgan fingerprint density at radius 3 is 2.15 bits per heavy atom. The Kier molecular flexibility index (Phi) is 2.53. The van der Waals surface area contributed by atoms with Gasteiger partial charge in [0, 0.05) is 0 Å². The molecule has 2 aromatic carbocycles. The van der Waals surface area contributed by atoms with E-state index in [9.17, 15) is 23.5 Å². The number of nitrogens with zero attached hydrogens (tertiary/aromatic N) is 1. The maximum atomic E-state index is 13.7. The minimum absolute atomic E-state index is 0.00421. The number of rotatable bonds is 1. The second kappa shape index (κ2) is 4.12. The van der Waals surface area contributed by atoms with Gasteiger partial charge in [0.1, 0.15) is 23.1 Å². The van der Waals surface area contributed by atoms with E-state index in [4.69, 9.17) is 0 Å². The fourth-order valence-corrected chi connectivity index (χ4v) is 2.13. The maximum absolute atomic E-state index is 13.7. The average molecular weight is 275 g/mol. The normalized spacial score (nSPS) is 13.8. The molecule has 0 spiro atoms. The van der Waals surface area contributed by atoms with Gasteiger partial charge in [-0.2, -0.15) is 0 Å². The predicted molar refractivity (Wildman–Crippen MR) is 65.6 cm³/mol. The first kappa shape index (κ1) is 12.3. The summed E-state index contributed by atoms with van der Waals surface area (Å²) in [5.41, 5.74) is -0.800. The largest absolute Gasteiger partial charge is 0.508 e. The fourth-order valence-electron chi connectivity index (χ4n) is 2.13. The summed E-state index contributed by atoms with van der Waals surface area (Å²) in [7, 11) is 0. The van der Waals surface area contributed by atoms with E-state index in [0.717, 1.165) is 24.3 Å². The number of imide groups is 1. The van der Waals surface area contributed by atoms with Gasteiger partial charge < -0.3 is 5.11 Å². The lowest BCUT2D eigenvalue weighted by Crippen LogP contribution is -2.31. The first-order chi connectivity index (χ1) is 9.50. The third-order valence-electron chi connectivity index (χ3n) is 3.03. The van der Waals surface area contributed by atoms with Gasteiger partial charge in [0.2, 0.25) is 0 Å². The number of amides is 2. The van der Waals surface area contributed by atoms with Crippen LogP contribution < -0.4 is 4.90 Å². The zero-order valence-electron chi connectivity index (χ0n) is 9.93. The summed E-state index contributed by atoms with van der Waals surface area (Å²) in [5, 5.41) is 9.34. The molecule has 0 aliphatic carbocycles. The number of benzene rings is 2. The van der Waals surface area contributed by atoms with Crippen LogP contribution in [0.25, 0.3) is 0 Å². The lowest BCUT2D eigenvalue weighted by Gasteiger charge is -2.15. The molecule has 4 nitrogen and oxygen atoms in total. The number of fused-ring (bicyclic) bond motifs is 1. The molecule has 0 radical (unpaired) electrons. The molecule has 100 valence electrons. The van der Waals surface area contributed by atoms with Crippen LogP contribution in [0.1, 0.15) is 20.7 Å². The summed E-state index contributed by atoms with van der Waals surface area (Å²) in [6.07, 6.45) is 0. The third kappa shape index (κ3) is 1.58. The van der Waals surface area contributed by atoms with E-state index in [1.165, 1.54) is 12.1 Å². The van der Waals surface area contributed by atoms with Crippen molar-refractivity contribution in [1.29, 1.82) is 0 Å². The highest BCUT2D eigenvalue weighted by Gasteiger charge is 2.39. The standard InChI is InChI=1S/C14H7F2NO3/c15-10-2-1-3-11(16)12(10)17-13(19)8-5-4-7(18)6-9(8)14(17)20/h1-6,18H. The van der Waals surface area contributed by atoms with Crippen molar-refractivity contribution < 1.29 is 23.5 Å². The third-order valence-corrected chi connectivity index (χ3v) is 3.03. The number of carbonyl (C=O) groups is 2. The molecule has 0 aromatic heterocycles. The van der Waals surface area contributed by atoms with E-state index in [1.807, 2.05) is 0 Å². The van der Waals surface area contributed by atoms with Crippen molar-refractivity contribution in [3.63, 3.8) is 0 Å². The average Bonchev–Trinajstić information content (AvgIpc) is 2.63. The molecule has 1 aliphatic rings. The minimum atomic E-state index is -1.01. The molecule has 2 amide bonds. The number of phenols is 1. The number of phenolic OH excluding ortho intramolecular Hbond substituents is 1. The summed E-state index contributed by atoms with van der Waals surface area (Å²) in [6, 6.07) is 6.61. The van der Waals surface area contributed by atoms with Crippen molar-refractivity contribution in [2.24, 2.45) is 0 Å². The van der Waals surface area contributed by atoms with Crippen LogP contribution in [-0.2, 0) is 0 Å². The van der Waals surface area contributed by atoms with E-state index < -0.39 is 29.1 Å². The molecule has 6 heteroatoms. The quantitative estimate of drug-likeness (QED) is 0.813. The molecular formula is C14H7F2NO3. The molecule has 1 aliphatic heterocycles. The molecule has 0 saturated heterocycles. The first-order valence-corrected chi connectivity index (χ1v) is 5.66. The topological polar surface area (TPSA) is 57.6 Å². The smallest absolute Gasteiger partial charge is 0.266 e. The number of para-hydroxylation sites is 1. The van der Waals surface area contributed by atoms with Gasteiger partial charge in [0.15, 0.2) is 0 Å². The number of hydrogen-bond acceptors (Lipinski definition) is 3. The van der Waals surface area contributed by atoms with Crippen LogP contribution in [0.4, 0.5) is 14.5 Å². The van der Waals surface area contributed by atoms with Crippen LogP contribution in [0.2, 0.25) is 0 Å². The molecule has 0 bridgehead atoms. The number of halogens is 2. The molecule has 1 N–H and O–H groups in total. The van der Waals surface area contributed by atoms with E-state index in [1.54, 1.807) is 0 Å². The van der Waals surface area contributed by atoms with Crippen molar-refractivity contribution in [1.82, 2.24) is 0 Å². The van der Waals surface area contributed by atoms with Gasteiger partial charge in [-0.05, 0) is 30.3 Å². The maximum Gasteiger partial charge on any atom is 0.266 e. The Morgan fingerprint density at radius 2 is 1.50 bits per heavy atom. The Hall–Kier alpha value is -2.76. The van der Waals surface area contributed by atoms with Crippen molar-refractivity contribution in [2.75, 3.05) is 4.90 Å². The highest BCUT2D eigenvalue weighted by Crippen LogP contribution is 2.33. The van der Waals surface area contributed by atoms with Crippen molar-refractivity contribution in [2.45, 2.75) is 0 Å². The number of aromatic hydroxyl groups is 1. The van der Waals surface area contributed by atoms with Crippen LogP contribution in [0.15, 0.2) is 36.4 Å². The van der Waals surface area contributed by atoms with Gasteiger partial charge >= 0.3 is 0 Å². The predicted octanol–water partition coefficient (Wildman–Crippen LogP) is 2.47. The summed E-state index contributed by atoms with van der Waals surface area (Å²) in [5.74, 6) is -3.92. The molecule has 0 fully saturated rings. The fraction of sp³-hybridized carbons (Fsp3) is 0. The van der Waals surface area contributed by atoms with E-state index in [2.05, 4.69) is 0 Å². The molecular weight excluding hydrogens is 268 g/mol. The van der Waals surface area contributed by atoms with E-state index >= 15 is 0 Å². The summed E-state index contributed by atoms with van der Waals surface area (Å²) < 4.78 is 27.4. The molecule has 3 rings (SSSR count). The molecule has 0 unspecified atom stereocenters. The summed E-state index contributed by atoms with van der Waals surface area (Å²) >= 11 is 0. The Bertz CT molecular complexity index is 738. The van der Waals surface area contributed by atoms with E-state index in [-0.39, 0.29) is 16.9 Å². The highest BCUT2D eigenvalue weighted by molar-refractivity contribution is 6.34. The SMILES string of the molecule is O=C1c2ccc(O)cc2C(=O)N1c1c(F)cccc1F. The van der Waals surface area contributed by atoms with Crippen LogP contribution >= 0.6 is 0 Å². The van der Waals surface area contributed by atoms with Gasteiger partial charge in [-0.15, -0.1) is 0 Å². The van der Waals surface area contributed by atoms with Crippen LogP contribution in [0, 0.1) is 11.6 Å². The summed E-state index contributed by atoms with van der Waals surface area (Å²) in [4.78, 5) is 24.7. The lowest BCUT2D eigenvalue weighted by molar-refractivity contribution is 0.0923. The number of hydrogen-bond donors (Lipinski definition) is 1. The van der Waals surface area contributed by atoms with Crippen molar-refractivity contribution in [3.05, 3.63) is 59.2 Å². The van der Waals surface area contributed by atoms with Gasteiger partial charge in [-0.3, -0.25) is 9.59 Å². The number of carbonyl (C=O) groups excluding carboxylic acids is 2. The van der Waals surface area contributed by atoms with Crippen LogP contribution in [-0.4, -0.2) is 16.9 Å². The van der Waals surface area contributed by atoms with Crippen LogP contribution in [0.5, 0.6) is 5.75 Å². The van der Waals surface area contributed by atoms with Crippen LogP contribution in [0.3, 0.4) is 0 Å². The van der Waals surface area contributed by atoms with Crippen molar-refractivity contribution >= 4 is 17.5 Å². The minimum Gasteiger partial charge on any atom is -0.508 e. The molecule has 1 heterocycles. The van der Waals surface area contributed by atoms with Gasteiger partial charge in [-0.1, -0.05) is 6.07 Å². The van der Waals surface area contributed by atoms with E-state index in [0.29, 0.717) is 4.90 Å². The second-order valence-corrected chi connectivity index (χ2v) is 4.25.